The Bertz CT molecular complexity index is 706. The fourth-order valence-electron chi connectivity index (χ4n) is 2.83. The summed E-state index contributed by atoms with van der Waals surface area (Å²) in [6.45, 7) is 0.474. The fraction of sp³-hybridized carbons (Fsp3) is 0.353. The summed E-state index contributed by atoms with van der Waals surface area (Å²) in [7, 11) is 0. The Morgan fingerprint density at radius 1 is 1.17 bits per heavy atom. The molecule has 2 aromatic rings. The van der Waals surface area contributed by atoms with Crippen LogP contribution in [0, 0.1) is 0 Å². The number of halogens is 3. The first kappa shape index (κ1) is 16.6. The maximum Gasteiger partial charge on any atom is 0.420 e. The van der Waals surface area contributed by atoms with E-state index in [0.29, 0.717) is 18.7 Å². The number of alkyl halides is 3. The van der Waals surface area contributed by atoms with Crippen LogP contribution in [0.1, 0.15) is 36.6 Å². The molecule has 1 fully saturated rings. The van der Waals surface area contributed by atoms with Crippen LogP contribution >= 0.6 is 0 Å². The first-order valence-electron chi connectivity index (χ1n) is 7.69. The first-order chi connectivity index (χ1) is 11.4. The van der Waals surface area contributed by atoms with Crippen LogP contribution < -0.4 is 4.84 Å². The van der Waals surface area contributed by atoms with Gasteiger partial charge in [0.15, 0.2) is 11.5 Å². The Kier molecular flexibility index (Phi) is 4.62. The van der Waals surface area contributed by atoms with Gasteiger partial charge in [-0.2, -0.15) is 13.2 Å². The van der Waals surface area contributed by atoms with Gasteiger partial charge < -0.3 is 4.84 Å². The number of hydrogen-bond acceptors (Lipinski definition) is 3. The zero-order chi connectivity index (χ0) is 17.2. The first-order valence-corrected chi connectivity index (χ1v) is 7.69. The van der Waals surface area contributed by atoms with Gasteiger partial charge in [-0.3, -0.25) is 10.1 Å². The van der Waals surface area contributed by atoms with Crippen LogP contribution in [0.15, 0.2) is 42.6 Å². The molecule has 0 aliphatic carbocycles. The zero-order valence-electron chi connectivity index (χ0n) is 12.8. The number of rotatable bonds is 3. The van der Waals surface area contributed by atoms with Crippen molar-refractivity contribution in [3.8, 4) is 11.5 Å². The van der Waals surface area contributed by atoms with Crippen LogP contribution in [0.4, 0.5) is 13.2 Å². The summed E-state index contributed by atoms with van der Waals surface area (Å²) >= 11 is 0. The average molecular weight is 337 g/mol. The van der Waals surface area contributed by atoms with Gasteiger partial charge in [0.1, 0.15) is 5.56 Å². The van der Waals surface area contributed by atoms with Crippen molar-refractivity contribution in [1.82, 2.24) is 10.0 Å². The molecular formula is C17H16F3N2O2. The Labute approximate surface area is 137 Å². The molecule has 2 heterocycles. The van der Waals surface area contributed by atoms with Crippen LogP contribution in [-0.4, -0.2) is 16.6 Å². The lowest BCUT2D eigenvalue weighted by atomic mass is 10.0. The van der Waals surface area contributed by atoms with Gasteiger partial charge in [0.25, 0.3) is 0 Å². The molecule has 127 valence electrons. The van der Waals surface area contributed by atoms with Gasteiger partial charge in [-0.05, 0) is 31.4 Å². The predicted octanol–water partition coefficient (Wildman–Crippen LogP) is 4.77. The van der Waals surface area contributed by atoms with E-state index in [1.165, 1.54) is 41.6 Å². The van der Waals surface area contributed by atoms with Crippen molar-refractivity contribution in [3.63, 3.8) is 0 Å². The third kappa shape index (κ3) is 3.62. The van der Waals surface area contributed by atoms with Crippen LogP contribution in [-0.2, 0) is 11.3 Å². The van der Waals surface area contributed by atoms with Gasteiger partial charge in [0, 0.05) is 24.9 Å². The lowest BCUT2D eigenvalue weighted by Gasteiger charge is -2.34. The third-order valence-corrected chi connectivity index (χ3v) is 3.96. The zero-order valence-corrected chi connectivity index (χ0v) is 12.8. The van der Waals surface area contributed by atoms with Crippen molar-refractivity contribution in [1.29, 1.82) is 0 Å². The van der Waals surface area contributed by atoms with Gasteiger partial charge in [0.05, 0.1) is 11.7 Å². The molecule has 4 nitrogen and oxygen atoms in total. The summed E-state index contributed by atoms with van der Waals surface area (Å²) in [6, 6.07) is 7.52. The minimum atomic E-state index is -4.49. The van der Waals surface area contributed by atoms with Crippen LogP contribution in [0.2, 0.25) is 0 Å². The highest BCUT2D eigenvalue weighted by Crippen LogP contribution is 2.38. The van der Waals surface area contributed by atoms with E-state index in [0.717, 1.165) is 18.9 Å². The second kappa shape index (κ2) is 6.68. The monoisotopic (exact) mass is 337 g/mol. The highest BCUT2D eigenvalue weighted by molar-refractivity contribution is 5.35. The summed E-state index contributed by atoms with van der Waals surface area (Å²) in [4.78, 5) is 9.77. The second-order valence-electron chi connectivity index (χ2n) is 5.65. The highest BCUT2D eigenvalue weighted by atomic mass is 19.4. The maximum absolute atomic E-state index is 13.1. The van der Waals surface area contributed by atoms with Crippen LogP contribution in [0.5, 0.6) is 11.5 Å². The van der Waals surface area contributed by atoms with Crippen LogP contribution in [0.3, 0.4) is 0 Å². The number of benzene rings is 1. The molecule has 3 rings (SSSR count). The fourth-order valence-corrected chi connectivity index (χ4v) is 2.83. The molecule has 1 aliphatic rings. The van der Waals surface area contributed by atoms with Crippen molar-refractivity contribution in [3.05, 3.63) is 53.9 Å². The quantitative estimate of drug-likeness (QED) is 0.811. The van der Waals surface area contributed by atoms with Gasteiger partial charge in [-0.1, -0.05) is 12.1 Å². The van der Waals surface area contributed by atoms with E-state index in [1.54, 1.807) is 0 Å². The smallest absolute Gasteiger partial charge is 0.405 e. The number of para-hydroxylation sites is 1. The third-order valence-electron chi connectivity index (χ3n) is 3.96. The maximum atomic E-state index is 13.1. The Morgan fingerprint density at radius 2 is 1.96 bits per heavy atom. The van der Waals surface area contributed by atoms with Gasteiger partial charge in [0.2, 0.25) is 0 Å². The number of pyridine rings is 1. The van der Waals surface area contributed by atoms with Crippen molar-refractivity contribution in [2.75, 3.05) is 6.54 Å². The Hall–Kier alpha value is -2.28. The van der Waals surface area contributed by atoms with E-state index in [4.69, 9.17) is 4.84 Å². The van der Waals surface area contributed by atoms with Crippen molar-refractivity contribution in [2.45, 2.75) is 31.5 Å². The minimum Gasteiger partial charge on any atom is -0.405 e. The molecule has 0 amide bonds. The molecule has 0 saturated carbocycles. The number of nitrogens with zero attached hydrogens (tertiary/aromatic N) is 2. The SMILES string of the molecule is [O]c1ccnc(C2CCCCN2Oc2ccccc2C(F)(F)F)c1. The molecule has 0 N–H and O–H groups in total. The minimum absolute atomic E-state index is 0.179. The van der Waals surface area contributed by atoms with Crippen molar-refractivity contribution in [2.24, 2.45) is 0 Å². The van der Waals surface area contributed by atoms with E-state index in [2.05, 4.69) is 4.98 Å². The predicted molar refractivity (Wildman–Crippen MR) is 79.7 cm³/mol. The summed E-state index contributed by atoms with van der Waals surface area (Å²) in [5.41, 5.74) is -0.299. The molecule has 1 radical (unpaired) electrons. The summed E-state index contributed by atoms with van der Waals surface area (Å²) in [5, 5.41) is 13.0. The van der Waals surface area contributed by atoms with E-state index >= 15 is 0 Å². The largest absolute Gasteiger partial charge is 0.420 e. The lowest BCUT2D eigenvalue weighted by molar-refractivity contribution is -0.151. The molecule has 0 spiro atoms. The number of aromatic nitrogens is 1. The molecule has 1 aromatic carbocycles. The van der Waals surface area contributed by atoms with E-state index in [-0.39, 0.29) is 17.5 Å². The van der Waals surface area contributed by atoms with Crippen LogP contribution in [0.25, 0.3) is 0 Å². The molecule has 7 heteroatoms. The normalized spacial score (nSPS) is 19.2. The number of hydroxylamine groups is 2. The summed E-state index contributed by atoms with van der Waals surface area (Å²) < 4.78 is 39.4. The Morgan fingerprint density at radius 3 is 2.71 bits per heavy atom. The molecule has 1 aromatic heterocycles. The summed E-state index contributed by atoms with van der Waals surface area (Å²) in [5.74, 6) is -0.420. The van der Waals surface area contributed by atoms with Crippen molar-refractivity contribution < 1.29 is 23.1 Å². The van der Waals surface area contributed by atoms with Gasteiger partial charge in [-0.15, -0.1) is 5.06 Å². The number of piperidine rings is 1. The molecule has 1 unspecified atom stereocenters. The van der Waals surface area contributed by atoms with Gasteiger partial charge >= 0.3 is 6.18 Å². The summed E-state index contributed by atoms with van der Waals surface area (Å²) in [6.07, 6.45) is -0.703. The Balaban J connectivity index is 1.88. The molecule has 24 heavy (non-hydrogen) atoms. The lowest BCUT2D eigenvalue weighted by Crippen LogP contribution is -2.37. The molecule has 0 bridgehead atoms. The standard InChI is InChI=1S/C17H16F3N2O2/c18-17(19,20)13-5-1-2-7-16(13)24-22-10-4-3-6-15(22)14-11-12(23)8-9-21-14/h1-2,5,7-9,11,15H,3-4,6,10H2. The molecule has 1 atom stereocenters. The van der Waals surface area contributed by atoms with E-state index < -0.39 is 11.7 Å². The van der Waals surface area contributed by atoms with Crippen molar-refractivity contribution >= 4 is 0 Å². The van der Waals surface area contributed by atoms with E-state index in [1.807, 2.05) is 0 Å². The number of hydrogen-bond donors (Lipinski definition) is 0. The highest BCUT2D eigenvalue weighted by Gasteiger charge is 2.36. The van der Waals surface area contributed by atoms with E-state index in [9.17, 15) is 18.3 Å². The average Bonchev–Trinajstić information content (AvgIpc) is 2.55. The molecule has 1 saturated heterocycles. The second-order valence-corrected chi connectivity index (χ2v) is 5.65. The molecular weight excluding hydrogens is 321 g/mol. The topological polar surface area (TPSA) is 45.3 Å². The van der Waals surface area contributed by atoms with Gasteiger partial charge in [-0.25, -0.2) is 0 Å². The molecule has 1 aliphatic heterocycles.